The molecule has 2 aromatic rings. The number of alkyl halides is 1. The third kappa shape index (κ3) is 3.48. The first-order valence-electron chi connectivity index (χ1n) is 5.44. The summed E-state index contributed by atoms with van der Waals surface area (Å²) in [5, 5.41) is 0.859. The number of rotatable bonds is 2. The van der Waals surface area contributed by atoms with Crippen LogP contribution in [0.4, 0.5) is 0 Å². The summed E-state index contributed by atoms with van der Waals surface area (Å²) in [6.45, 7) is 2.02. The Morgan fingerprint density at radius 2 is 1.63 bits per heavy atom. The number of hydrogen-bond donors (Lipinski definition) is 0. The summed E-state index contributed by atoms with van der Waals surface area (Å²) in [6, 6.07) is 9.31. The summed E-state index contributed by atoms with van der Waals surface area (Å²) in [4.78, 5) is 0. The first-order chi connectivity index (χ1) is 8.90. The summed E-state index contributed by atoms with van der Waals surface area (Å²) >= 11 is 25.8. The van der Waals surface area contributed by atoms with Crippen LogP contribution in [-0.2, 0) is 0 Å². The van der Waals surface area contributed by atoms with Crippen LogP contribution in [-0.4, -0.2) is 0 Å². The zero-order valence-electron chi connectivity index (χ0n) is 9.85. The van der Waals surface area contributed by atoms with Gasteiger partial charge in [-0.3, -0.25) is 0 Å². The number of halogens is 5. The van der Waals surface area contributed by atoms with Crippen molar-refractivity contribution in [2.75, 3.05) is 0 Å². The van der Waals surface area contributed by atoms with E-state index in [1.807, 2.05) is 19.1 Å². The molecule has 0 fully saturated rings. The maximum atomic E-state index is 6.54. The lowest BCUT2D eigenvalue weighted by Crippen LogP contribution is -1.97. The molecule has 0 saturated heterocycles. The van der Waals surface area contributed by atoms with E-state index in [1.54, 1.807) is 18.2 Å². The molecule has 1 unspecified atom stereocenters. The van der Waals surface area contributed by atoms with Crippen LogP contribution in [0.15, 0.2) is 39.3 Å². The molecule has 0 N–H and O–H groups in total. The van der Waals surface area contributed by atoms with Crippen molar-refractivity contribution in [1.29, 1.82) is 0 Å². The highest BCUT2D eigenvalue weighted by molar-refractivity contribution is 9.11. The zero-order valence-corrected chi connectivity index (χ0v) is 15.3. The lowest BCUT2D eigenvalue weighted by Gasteiger charge is -2.15. The third-order valence-corrected chi connectivity index (χ3v) is 5.37. The first kappa shape index (κ1) is 15.7. The van der Waals surface area contributed by atoms with E-state index in [0.717, 1.165) is 25.6 Å². The summed E-state index contributed by atoms with van der Waals surface area (Å²) < 4.78 is 1.96. The van der Waals surface area contributed by atoms with Gasteiger partial charge in [-0.05, 0) is 53.9 Å². The highest BCUT2D eigenvalue weighted by Crippen LogP contribution is 2.40. The molecule has 0 amide bonds. The van der Waals surface area contributed by atoms with Crippen LogP contribution >= 0.6 is 66.7 Å². The molecule has 0 aliphatic rings. The van der Waals surface area contributed by atoms with Gasteiger partial charge >= 0.3 is 0 Å². The van der Waals surface area contributed by atoms with Crippen LogP contribution in [0.3, 0.4) is 0 Å². The highest BCUT2D eigenvalue weighted by Gasteiger charge is 2.18. The minimum absolute atomic E-state index is 0.363. The summed E-state index contributed by atoms with van der Waals surface area (Å²) in [7, 11) is 0. The Labute approximate surface area is 144 Å². The fraction of sp³-hybridized carbons (Fsp3) is 0.143. The molecule has 0 spiro atoms. The van der Waals surface area contributed by atoms with Crippen LogP contribution in [0.2, 0.25) is 10.0 Å². The van der Waals surface area contributed by atoms with Gasteiger partial charge in [0.05, 0.1) is 5.38 Å². The maximum absolute atomic E-state index is 6.54. The lowest BCUT2D eigenvalue weighted by molar-refractivity contribution is 1.12. The normalized spacial score (nSPS) is 12.5. The maximum Gasteiger partial charge on any atom is 0.0861 e. The second kappa shape index (κ2) is 6.36. The van der Waals surface area contributed by atoms with Gasteiger partial charge in [0.2, 0.25) is 0 Å². The van der Waals surface area contributed by atoms with E-state index < -0.39 is 0 Å². The molecule has 2 aromatic carbocycles. The highest BCUT2D eigenvalue weighted by atomic mass is 79.9. The van der Waals surface area contributed by atoms with Crippen molar-refractivity contribution in [3.8, 4) is 0 Å². The average Bonchev–Trinajstić information content (AvgIpc) is 2.36. The van der Waals surface area contributed by atoms with Gasteiger partial charge in [0.15, 0.2) is 0 Å². The Morgan fingerprint density at radius 1 is 0.947 bits per heavy atom. The van der Waals surface area contributed by atoms with Crippen LogP contribution in [0.1, 0.15) is 22.1 Å². The molecule has 100 valence electrons. The van der Waals surface area contributed by atoms with Crippen molar-refractivity contribution in [2.24, 2.45) is 0 Å². The molecule has 0 aromatic heterocycles. The van der Waals surface area contributed by atoms with Crippen LogP contribution in [0, 0.1) is 6.92 Å². The molecule has 5 heteroatoms. The first-order valence-corrected chi connectivity index (χ1v) is 8.22. The summed E-state index contributed by atoms with van der Waals surface area (Å²) in [5.74, 6) is 0. The molecule has 2 rings (SSSR count). The zero-order chi connectivity index (χ0) is 14.2. The molecule has 0 aliphatic carbocycles. The molecule has 0 bridgehead atoms. The Balaban J connectivity index is 2.52. The molecule has 1 atom stereocenters. The van der Waals surface area contributed by atoms with Gasteiger partial charge < -0.3 is 0 Å². The van der Waals surface area contributed by atoms with Gasteiger partial charge in [0.1, 0.15) is 0 Å². The van der Waals surface area contributed by atoms with Crippen molar-refractivity contribution in [3.05, 3.63) is 66.0 Å². The SMILES string of the molecule is Cc1cc(Br)c(C(Cl)c2cc(Cl)ccc2Cl)cc1Br. The topological polar surface area (TPSA) is 0 Å². The molecule has 0 aliphatic heterocycles. The second-order valence-electron chi connectivity index (χ2n) is 4.15. The van der Waals surface area contributed by atoms with Crippen LogP contribution in [0.25, 0.3) is 0 Å². The van der Waals surface area contributed by atoms with Crippen molar-refractivity contribution in [3.63, 3.8) is 0 Å². The van der Waals surface area contributed by atoms with E-state index in [4.69, 9.17) is 34.8 Å². The minimum atomic E-state index is -0.363. The predicted octanol–water partition coefficient (Wildman–Crippen LogP) is 7.16. The van der Waals surface area contributed by atoms with Crippen molar-refractivity contribution in [1.82, 2.24) is 0 Å². The summed E-state index contributed by atoms with van der Waals surface area (Å²) in [5.41, 5.74) is 2.88. The summed E-state index contributed by atoms with van der Waals surface area (Å²) in [6.07, 6.45) is 0. The van der Waals surface area contributed by atoms with E-state index in [2.05, 4.69) is 31.9 Å². The Bertz CT molecular complexity index is 626. The smallest absolute Gasteiger partial charge is 0.0861 e. The molecular formula is C14H9Br2Cl3. The minimum Gasteiger partial charge on any atom is -0.112 e. The molecule has 0 nitrogen and oxygen atoms in total. The van der Waals surface area contributed by atoms with Gasteiger partial charge in [0.25, 0.3) is 0 Å². The van der Waals surface area contributed by atoms with Crippen LogP contribution < -0.4 is 0 Å². The molecule has 0 heterocycles. The number of hydrogen-bond acceptors (Lipinski definition) is 0. The van der Waals surface area contributed by atoms with Gasteiger partial charge in [-0.25, -0.2) is 0 Å². The predicted molar refractivity (Wildman–Crippen MR) is 90.7 cm³/mol. The van der Waals surface area contributed by atoms with E-state index in [0.29, 0.717) is 10.0 Å². The average molecular weight is 443 g/mol. The van der Waals surface area contributed by atoms with E-state index >= 15 is 0 Å². The second-order valence-corrected chi connectivity index (χ2v) is 7.14. The molecule has 0 radical (unpaired) electrons. The van der Waals surface area contributed by atoms with Crippen molar-refractivity contribution in [2.45, 2.75) is 12.3 Å². The fourth-order valence-electron chi connectivity index (χ4n) is 1.73. The van der Waals surface area contributed by atoms with E-state index in [9.17, 15) is 0 Å². The monoisotopic (exact) mass is 440 g/mol. The molecule has 0 saturated carbocycles. The van der Waals surface area contributed by atoms with Gasteiger partial charge in [0, 0.05) is 19.0 Å². The standard InChI is InChI=1S/C14H9Br2Cl3/c1-7-4-12(16)9(6-11(7)15)14(19)10-5-8(17)2-3-13(10)18/h2-6,14H,1H3. The Hall–Kier alpha value is 0.270. The fourth-order valence-corrected chi connectivity index (χ4v) is 3.74. The van der Waals surface area contributed by atoms with Gasteiger partial charge in [-0.15, -0.1) is 11.6 Å². The Morgan fingerprint density at radius 3 is 2.32 bits per heavy atom. The Kier molecular flexibility index (Phi) is 5.24. The van der Waals surface area contributed by atoms with Crippen molar-refractivity contribution < 1.29 is 0 Å². The molecule has 19 heavy (non-hydrogen) atoms. The van der Waals surface area contributed by atoms with E-state index in [1.165, 1.54) is 0 Å². The van der Waals surface area contributed by atoms with Gasteiger partial charge in [-0.2, -0.15) is 0 Å². The molecular weight excluding hydrogens is 434 g/mol. The number of aryl methyl sites for hydroxylation is 1. The van der Waals surface area contributed by atoms with Crippen molar-refractivity contribution >= 4 is 66.7 Å². The lowest BCUT2D eigenvalue weighted by atomic mass is 10.0. The third-order valence-electron chi connectivity index (χ3n) is 2.78. The number of benzene rings is 2. The largest absolute Gasteiger partial charge is 0.112 e. The van der Waals surface area contributed by atoms with Crippen LogP contribution in [0.5, 0.6) is 0 Å². The van der Waals surface area contributed by atoms with Gasteiger partial charge in [-0.1, -0.05) is 55.1 Å². The van der Waals surface area contributed by atoms with E-state index in [-0.39, 0.29) is 5.38 Å². The quantitative estimate of drug-likeness (QED) is 0.432.